The lowest BCUT2D eigenvalue weighted by molar-refractivity contribution is -0.144. The van der Waals surface area contributed by atoms with Crippen LogP contribution >= 0.6 is 11.8 Å². The number of likely N-dealkylation sites (N-methyl/N-ethyl adjacent to an activating group) is 1. The van der Waals surface area contributed by atoms with Gasteiger partial charge in [0.2, 0.25) is 0 Å². The Labute approximate surface area is 96.1 Å². The van der Waals surface area contributed by atoms with Crippen LogP contribution in [0.15, 0.2) is 0 Å². The van der Waals surface area contributed by atoms with Gasteiger partial charge in [-0.15, -0.1) is 0 Å². The fourth-order valence-electron chi connectivity index (χ4n) is 1.04. The molecule has 5 heteroatoms. The summed E-state index contributed by atoms with van der Waals surface area (Å²) in [6, 6.07) is -0.197. The minimum absolute atomic E-state index is 0.163. The zero-order chi connectivity index (χ0) is 11.5. The molecule has 0 aromatic carbocycles. The molecule has 0 bridgehead atoms. The van der Waals surface area contributed by atoms with Gasteiger partial charge in [-0.05, 0) is 13.5 Å². The molecule has 0 aliphatic rings. The van der Waals surface area contributed by atoms with Gasteiger partial charge in [0.15, 0.2) is 0 Å². The molecule has 0 aliphatic carbocycles. The van der Waals surface area contributed by atoms with Crippen molar-refractivity contribution in [1.29, 1.82) is 0 Å². The second kappa shape index (κ2) is 10.3. The Bertz CT molecular complexity index is 167. The molecule has 0 saturated heterocycles. The van der Waals surface area contributed by atoms with Crippen LogP contribution in [0.25, 0.3) is 0 Å². The SMILES string of the molecule is CCNC(CSCCOC)C(=O)OCC. The predicted octanol–water partition coefficient (Wildman–Crippen LogP) is 0.907. The van der Waals surface area contributed by atoms with E-state index in [0.717, 1.165) is 18.1 Å². The highest BCUT2D eigenvalue weighted by Gasteiger charge is 2.17. The van der Waals surface area contributed by atoms with Gasteiger partial charge >= 0.3 is 5.97 Å². The number of nitrogens with one attached hydrogen (secondary N) is 1. The van der Waals surface area contributed by atoms with E-state index in [1.54, 1.807) is 18.9 Å². The second-order valence-corrected chi connectivity index (χ2v) is 4.08. The Morgan fingerprint density at radius 2 is 2.20 bits per heavy atom. The number of methoxy groups -OCH3 is 1. The Kier molecular flexibility index (Phi) is 10.1. The minimum atomic E-state index is -0.197. The Hall–Kier alpha value is -0.260. The molecule has 0 amide bonds. The molecule has 1 unspecified atom stereocenters. The molecular weight excluding hydrogens is 214 g/mol. The smallest absolute Gasteiger partial charge is 0.323 e. The zero-order valence-electron chi connectivity index (χ0n) is 9.75. The van der Waals surface area contributed by atoms with E-state index in [-0.39, 0.29) is 12.0 Å². The van der Waals surface area contributed by atoms with Gasteiger partial charge in [0, 0.05) is 18.6 Å². The fourth-order valence-corrected chi connectivity index (χ4v) is 1.98. The van der Waals surface area contributed by atoms with Crippen LogP contribution in [0.3, 0.4) is 0 Å². The summed E-state index contributed by atoms with van der Waals surface area (Å²) >= 11 is 1.69. The number of carbonyl (C=O) groups is 1. The number of rotatable bonds is 9. The van der Waals surface area contributed by atoms with Crippen LogP contribution in [0.1, 0.15) is 13.8 Å². The summed E-state index contributed by atoms with van der Waals surface area (Å²) in [6.07, 6.45) is 0. The number of esters is 1. The van der Waals surface area contributed by atoms with Gasteiger partial charge in [-0.1, -0.05) is 6.92 Å². The standard InChI is InChI=1S/C10H21NO3S/c1-4-11-9(10(12)14-5-2)8-15-7-6-13-3/h9,11H,4-8H2,1-3H3. The van der Waals surface area contributed by atoms with Crippen molar-refractivity contribution in [2.75, 3.05) is 38.4 Å². The average molecular weight is 235 g/mol. The minimum Gasteiger partial charge on any atom is -0.465 e. The molecule has 4 nitrogen and oxygen atoms in total. The van der Waals surface area contributed by atoms with Crippen molar-refractivity contribution in [3.8, 4) is 0 Å². The molecule has 1 N–H and O–H groups in total. The van der Waals surface area contributed by atoms with Gasteiger partial charge in [0.25, 0.3) is 0 Å². The van der Waals surface area contributed by atoms with E-state index < -0.39 is 0 Å². The van der Waals surface area contributed by atoms with Crippen LogP contribution in [-0.2, 0) is 14.3 Å². The molecule has 90 valence electrons. The lowest BCUT2D eigenvalue weighted by Crippen LogP contribution is -2.40. The van der Waals surface area contributed by atoms with Crippen LogP contribution in [0, 0.1) is 0 Å². The van der Waals surface area contributed by atoms with Crippen LogP contribution in [0.4, 0.5) is 0 Å². The number of hydrogen-bond donors (Lipinski definition) is 1. The van der Waals surface area contributed by atoms with Crippen LogP contribution in [0.2, 0.25) is 0 Å². The van der Waals surface area contributed by atoms with Crippen LogP contribution < -0.4 is 5.32 Å². The van der Waals surface area contributed by atoms with Gasteiger partial charge in [-0.25, -0.2) is 0 Å². The molecule has 0 heterocycles. The van der Waals surface area contributed by atoms with Crippen molar-refractivity contribution in [3.05, 3.63) is 0 Å². The third kappa shape index (κ3) is 7.64. The van der Waals surface area contributed by atoms with Crippen molar-refractivity contribution in [1.82, 2.24) is 5.32 Å². The van der Waals surface area contributed by atoms with Crippen molar-refractivity contribution in [2.24, 2.45) is 0 Å². The normalized spacial score (nSPS) is 12.5. The first-order valence-electron chi connectivity index (χ1n) is 5.22. The third-order valence-electron chi connectivity index (χ3n) is 1.74. The summed E-state index contributed by atoms with van der Waals surface area (Å²) in [6.45, 7) is 5.72. The summed E-state index contributed by atoms with van der Waals surface area (Å²) in [5, 5.41) is 3.11. The van der Waals surface area contributed by atoms with E-state index in [0.29, 0.717) is 13.2 Å². The fraction of sp³-hybridized carbons (Fsp3) is 0.900. The van der Waals surface area contributed by atoms with Gasteiger partial charge in [-0.3, -0.25) is 4.79 Å². The van der Waals surface area contributed by atoms with E-state index in [1.807, 2.05) is 13.8 Å². The largest absolute Gasteiger partial charge is 0.465 e. The topological polar surface area (TPSA) is 47.6 Å². The highest BCUT2D eigenvalue weighted by atomic mass is 32.2. The van der Waals surface area contributed by atoms with Crippen molar-refractivity contribution >= 4 is 17.7 Å². The predicted molar refractivity (Wildman–Crippen MR) is 63.3 cm³/mol. The molecular formula is C10H21NO3S. The van der Waals surface area contributed by atoms with Gasteiger partial charge < -0.3 is 14.8 Å². The molecule has 15 heavy (non-hydrogen) atoms. The third-order valence-corrected chi connectivity index (χ3v) is 2.76. The van der Waals surface area contributed by atoms with Crippen molar-refractivity contribution in [3.63, 3.8) is 0 Å². The quantitative estimate of drug-likeness (QED) is 0.475. The first kappa shape index (κ1) is 14.7. The highest BCUT2D eigenvalue weighted by molar-refractivity contribution is 7.99. The average Bonchev–Trinajstić information content (AvgIpc) is 2.23. The highest BCUT2D eigenvalue weighted by Crippen LogP contribution is 2.04. The monoisotopic (exact) mass is 235 g/mol. The number of hydrogen-bond acceptors (Lipinski definition) is 5. The molecule has 1 atom stereocenters. The van der Waals surface area contributed by atoms with E-state index in [4.69, 9.17) is 9.47 Å². The van der Waals surface area contributed by atoms with Crippen molar-refractivity contribution < 1.29 is 14.3 Å². The van der Waals surface area contributed by atoms with Crippen molar-refractivity contribution in [2.45, 2.75) is 19.9 Å². The van der Waals surface area contributed by atoms with E-state index in [2.05, 4.69) is 5.32 Å². The Morgan fingerprint density at radius 1 is 1.47 bits per heavy atom. The molecule has 0 spiro atoms. The summed E-state index contributed by atoms with van der Waals surface area (Å²) in [5.41, 5.74) is 0. The van der Waals surface area contributed by atoms with E-state index in [1.165, 1.54) is 0 Å². The summed E-state index contributed by atoms with van der Waals surface area (Å²) in [4.78, 5) is 11.5. The number of carbonyl (C=O) groups excluding carboxylic acids is 1. The molecule has 0 rings (SSSR count). The molecule has 0 fully saturated rings. The molecule has 0 aromatic rings. The Morgan fingerprint density at radius 3 is 2.73 bits per heavy atom. The first-order chi connectivity index (χ1) is 7.26. The zero-order valence-corrected chi connectivity index (χ0v) is 10.6. The van der Waals surface area contributed by atoms with E-state index >= 15 is 0 Å². The van der Waals surface area contributed by atoms with Gasteiger partial charge in [-0.2, -0.15) is 11.8 Å². The maximum atomic E-state index is 11.5. The summed E-state index contributed by atoms with van der Waals surface area (Å²) < 4.78 is 9.90. The molecule has 0 aromatic heterocycles. The van der Waals surface area contributed by atoms with Gasteiger partial charge in [0.05, 0.1) is 13.2 Å². The van der Waals surface area contributed by atoms with E-state index in [9.17, 15) is 4.79 Å². The molecule has 0 aliphatic heterocycles. The van der Waals surface area contributed by atoms with Crippen LogP contribution in [-0.4, -0.2) is 50.4 Å². The maximum Gasteiger partial charge on any atom is 0.323 e. The summed E-state index contributed by atoms with van der Waals surface area (Å²) in [5.74, 6) is 1.47. The first-order valence-corrected chi connectivity index (χ1v) is 6.38. The molecule has 0 radical (unpaired) electrons. The summed E-state index contributed by atoms with van der Waals surface area (Å²) in [7, 11) is 1.67. The second-order valence-electron chi connectivity index (χ2n) is 2.93. The molecule has 0 saturated carbocycles. The lowest BCUT2D eigenvalue weighted by Gasteiger charge is -2.15. The van der Waals surface area contributed by atoms with Crippen LogP contribution in [0.5, 0.6) is 0 Å². The number of ether oxygens (including phenoxy) is 2. The maximum absolute atomic E-state index is 11.5. The lowest BCUT2D eigenvalue weighted by atomic mass is 10.3. The number of thioether (sulfide) groups is 1. The van der Waals surface area contributed by atoms with Gasteiger partial charge in [0.1, 0.15) is 6.04 Å². The Balaban J connectivity index is 3.76.